The zero-order chi connectivity index (χ0) is 24.3. The second-order valence-corrected chi connectivity index (χ2v) is 10.6. The molecule has 0 radical (unpaired) electrons. The second kappa shape index (κ2) is 10.1. The fourth-order valence-corrected chi connectivity index (χ4v) is 6.09. The monoisotopic (exact) mass is 483 g/mol. The van der Waals surface area contributed by atoms with Crippen molar-refractivity contribution in [2.24, 2.45) is 5.92 Å². The lowest BCUT2D eigenvalue weighted by atomic mass is 10.1. The molecule has 2 heterocycles. The summed E-state index contributed by atoms with van der Waals surface area (Å²) in [6.07, 6.45) is 1.77. The van der Waals surface area contributed by atoms with E-state index in [1.54, 1.807) is 19.1 Å². The molecular formula is C25H29N3O5S. The van der Waals surface area contributed by atoms with Crippen molar-refractivity contribution in [2.75, 3.05) is 19.6 Å². The number of carbonyl (C=O) groups is 2. The number of rotatable bonds is 8. The molecule has 2 saturated heterocycles. The Bertz CT molecular complexity index is 1170. The lowest BCUT2D eigenvalue weighted by Crippen LogP contribution is -2.37. The zero-order valence-corrected chi connectivity index (χ0v) is 19.9. The maximum Gasteiger partial charge on any atom is 0.251 e. The third kappa shape index (κ3) is 5.22. The van der Waals surface area contributed by atoms with Crippen LogP contribution < -0.4 is 10.6 Å². The van der Waals surface area contributed by atoms with Gasteiger partial charge in [-0.25, -0.2) is 8.42 Å². The highest BCUT2D eigenvalue weighted by atomic mass is 32.2. The molecule has 2 aromatic carbocycles. The van der Waals surface area contributed by atoms with Crippen LogP contribution in [0.3, 0.4) is 0 Å². The van der Waals surface area contributed by atoms with Crippen LogP contribution in [0.2, 0.25) is 0 Å². The van der Waals surface area contributed by atoms with E-state index in [-0.39, 0.29) is 35.3 Å². The van der Waals surface area contributed by atoms with Gasteiger partial charge in [0.05, 0.1) is 11.0 Å². The molecule has 4 rings (SSSR count). The Labute approximate surface area is 200 Å². The fraction of sp³-hybridized carbons (Fsp3) is 0.360. The van der Waals surface area contributed by atoms with Gasteiger partial charge in [-0.05, 0) is 55.2 Å². The SMILES string of the molecule is C=CC(=O)NC1CC2CN(S(=O)(=O)c3ccc(C(=O)NCCc4ccccc4)c(C)c3)CC2O1. The van der Waals surface area contributed by atoms with Crippen LogP contribution in [0.4, 0.5) is 0 Å². The van der Waals surface area contributed by atoms with E-state index in [2.05, 4.69) is 17.2 Å². The van der Waals surface area contributed by atoms with E-state index in [9.17, 15) is 18.0 Å². The standard InChI is InChI=1S/C25H29N3O5S/c1-3-23(29)27-24-14-19-15-28(16-22(19)33-24)34(31,32)20-9-10-21(17(2)13-20)25(30)26-12-11-18-7-5-4-6-8-18/h3-10,13,19,22,24H,1,11-12,14-16H2,2H3,(H,26,30)(H,27,29). The highest BCUT2D eigenvalue weighted by Crippen LogP contribution is 2.35. The molecule has 2 amide bonds. The van der Waals surface area contributed by atoms with E-state index in [1.807, 2.05) is 30.3 Å². The second-order valence-electron chi connectivity index (χ2n) is 8.66. The molecular weight excluding hydrogens is 454 g/mol. The minimum absolute atomic E-state index is 0.0145. The number of hydrogen-bond acceptors (Lipinski definition) is 5. The Kier molecular flexibility index (Phi) is 7.16. The summed E-state index contributed by atoms with van der Waals surface area (Å²) in [6, 6.07) is 14.5. The molecule has 2 aromatic rings. The van der Waals surface area contributed by atoms with Crippen molar-refractivity contribution in [1.82, 2.24) is 14.9 Å². The maximum atomic E-state index is 13.2. The molecule has 180 valence electrons. The molecule has 0 bridgehead atoms. The number of aryl methyl sites for hydroxylation is 1. The first-order valence-corrected chi connectivity index (χ1v) is 12.7. The van der Waals surface area contributed by atoms with Crippen LogP contribution in [0, 0.1) is 12.8 Å². The van der Waals surface area contributed by atoms with Crippen LogP contribution in [0.15, 0.2) is 66.1 Å². The predicted molar refractivity (Wildman–Crippen MR) is 128 cm³/mol. The molecule has 0 spiro atoms. The van der Waals surface area contributed by atoms with Crippen LogP contribution >= 0.6 is 0 Å². The van der Waals surface area contributed by atoms with Crippen LogP contribution in [0.5, 0.6) is 0 Å². The first-order chi connectivity index (χ1) is 16.3. The Morgan fingerprint density at radius 1 is 1.18 bits per heavy atom. The van der Waals surface area contributed by atoms with Gasteiger partial charge >= 0.3 is 0 Å². The Hall–Kier alpha value is -3.01. The number of nitrogens with zero attached hydrogens (tertiary/aromatic N) is 1. The van der Waals surface area contributed by atoms with Gasteiger partial charge in [0.15, 0.2) is 0 Å². The van der Waals surface area contributed by atoms with E-state index in [1.165, 1.54) is 16.4 Å². The fourth-order valence-electron chi connectivity index (χ4n) is 4.49. The van der Waals surface area contributed by atoms with Crippen LogP contribution in [0.25, 0.3) is 0 Å². The predicted octanol–water partition coefficient (Wildman–Crippen LogP) is 2.01. The molecule has 3 unspecified atom stereocenters. The third-order valence-corrected chi connectivity index (χ3v) is 8.14. The van der Waals surface area contributed by atoms with Crippen molar-refractivity contribution in [1.29, 1.82) is 0 Å². The first-order valence-electron chi connectivity index (χ1n) is 11.3. The molecule has 2 aliphatic heterocycles. The van der Waals surface area contributed by atoms with Crippen molar-refractivity contribution < 1.29 is 22.7 Å². The van der Waals surface area contributed by atoms with E-state index >= 15 is 0 Å². The maximum absolute atomic E-state index is 13.2. The summed E-state index contributed by atoms with van der Waals surface area (Å²) in [5.41, 5.74) is 2.19. The van der Waals surface area contributed by atoms with Crippen molar-refractivity contribution in [3.8, 4) is 0 Å². The lowest BCUT2D eigenvalue weighted by molar-refractivity contribution is -0.120. The average Bonchev–Trinajstić information content (AvgIpc) is 3.38. The highest BCUT2D eigenvalue weighted by Gasteiger charge is 2.46. The molecule has 2 fully saturated rings. The molecule has 9 heteroatoms. The highest BCUT2D eigenvalue weighted by molar-refractivity contribution is 7.89. The van der Waals surface area contributed by atoms with Crippen LogP contribution in [-0.4, -0.2) is 56.5 Å². The quantitative estimate of drug-likeness (QED) is 0.559. The Balaban J connectivity index is 1.36. The van der Waals surface area contributed by atoms with Gasteiger partial charge in [-0.1, -0.05) is 36.9 Å². The van der Waals surface area contributed by atoms with E-state index < -0.39 is 16.3 Å². The number of fused-ring (bicyclic) bond motifs is 1. The van der Waals surface area contributed by atoms with Crippen molar-refractivity contribution in [3.63, 3.8) is 0 Å². The number of amides is 2. The van der Waals surface area contributed by atoms with E-state index in [0.717, 1.165) is 12.0 Å². The molecule has 0 aromatic heterocycles. The number of hydrogen-bond donors (Lipinski definition) is 2. The molecule has 0 saturated carbocycles. The Morgan fingerprint density at radius 2 is 1.94 bits per heavy atom. The number of carbonyl (C=O) groups excluding carboxylic acids is 2. The van der Waals surface area contributed by atoms with Crippen LogP contribution in [-0.2, 0) is 26.0 Å². The summed E-state index contributed by atoms with van der Waals surface area (Å²) < 4.78 is 33.7. The average molecular weight is 484 g/mol. The molecule has 3 atom stereocenters. The van der Waals surface area contributed by atoms with E-state index in [0.29, 0.717) is 30.6 Å². The van der Waals surface area contributed by atoms with Crippen molar-refractivity contribution in [2.45, 2.75) is 37.0 Å². The summed E-state index contributed by atoms with van der Waals surface area (Å²) >= 11 is 0. The van der Waals surface area contributed by atoms with Gasteiger partial charge in [-0.2, -0.15) is 4.31 Å². The van der Waals surface area contributed by atoms with Crippen molar-refractivity contribution >= 4 is 21.8 Å². The van der Waals surface area contributed by atoms with Gasteiger partial charge in [0, 0.05) is 31.1 Å². The van der Waals surface area contributed by atoms with Gasteiger partial charge < -0.3 is 15.4 Å². The Morgan fingerprint density at radius 3 is 2.62 bits per heavy atom. The van der Waals surface area contributed by atoms with Crippen molar-refractivity contribution in [3.05, 3.63) is 77.9 Å². The van der Waals surface area contributed by atoms with Gasteiger partial charge in [0.25, 0.3) is 5.91 Å². The smallest absolute Gasteiger partial charge is 0.251 e. The summed E-state index contributed by atoms with van der Waals surface area (Å²) in [5.74, 6) is -0.524. The summed E-state index contributed by atoms with van der Waals surface area (Å²) in [7, 11) is -3.73. The molecule has 0 aliphatic carbocycles. The van der Waals surface area contributed by atoms with Crippen LogP contribution in [0.1, 0.15) is 27.9 Å². The number of sulfonamides is 1. The summed E-state index contributed by atoms with van der Waals surface area (Å²) in [4.78, 5) is 24.2. The lowest BCUT2D eigenvalue weighted by Gasteiger charge is -2.20. The van der Waals surface area contributed by atoms with Gasteiger partial charge in [0.1, 0.15) is 6.23 Å². The molecule has 34 heavy (non-hydrogen) atoms. The normalized spacial score (nSPS) is 22.2. The van der Waals surface area contributed by atoms with E-state index in [4.69, 9.17) is 4.74 Å². The third-order valence-electron chi connectivity index (χ3n) is 6.31. The van der Waals surface area contributed by atoms with Gasteiger partial charge in [-0.3, -0.25) is 9.59 Å². The zero-order valence-electron chi connectivity index (χ0n) is 19.1. The largest absolute Gasteiger partial charge is 0.354 e. The number of nitrogens with one attached hydrogen (secondary N) is 2. The molecule has 2 aliphatic rings. The van der Waals surface area contributed by atoms with Gasteiger partial charge in [-0.15, -0.1) is 0 Å². The summed E-state index contributed by atoms with van der Waals surface area (Å²) in [6.45, 7) is 6.21. The number of benzene rings is 2. The molecule has 8 nitrogen and oxygen atoms in total. The number of ether oxygens (including phenoxy) is 1. The topological polar surface area (TPSA) is 105 Å². The van der Waals surface area contributed by atoms with Gasteiger partial charge in [0.2, 0.25) is 15.9 Å². The minimum atomic E-state index is -3.73. The minimum Gasteiger partial charge on any atom is -0.354 e. The molecule has 2 N–H and O–H groups in total. The summed E-state index contributed by atoms with van der Waals surface area (Å²) in [5, 5.41) is 5.60. The first kappa shape index (κ1) is 24.1.